The second kappa shape index (κ2) is 6.00. The first kappa shape index (κ1) is 12.4. The first-order valence-electron chi connectivity index (χ1n) is 6.42. The Labute approximate surface area is 101 Å². The molecule has 0 unspecified atom stereocenters. The predicted molar refractivity (Wildman–Crippen MR) is 62.4 cm³/mol. The molecule has 0 radical (unpaired) electrons. The number of hydrogen-bond donors (Lipinski definition) is 1. The number of nitrogens with zero attached hydrogens (tertiary/aromatic N) is 1. The summed E-state index contributed by atoms with van der Waals surface area (Å²) in [6, 6.07) is 0. The number of amides is 2. The SMILES string of the molecule is O=C1CCN(CCOC2CCCC2)C(=O)CN1. The van der Waals surface area contributed by atoms with E-state index in [0.717, 1.165) is 12.8 Å². The van der Waals surface area contributed by atoms with Crippen molar-refractivity contribution in [3.63, 3.8) is 0 Å². The van der Waals surface area contributed by atoms with Crippen LogP contribution in [0.1, 0.15) is 32.1 Å². The van der Waals surface area contributed by atoms with Gasteiger partial charge in [0.05, 0.1) is 19.3 Å². The van der Waals surface area contributed by atoms with Crippen molar-refractivity contribution in [3.05, 3.63) is 0 Å². The topological polar surface area (TPSA) is 58.6 Å². The summed E-state index contributed by atoms with van der Waals surface area (Å²) in [6.45, 7) is 1.83. The van der Waals surface area contributed by atoms with Crippen molar-refractivity contribution in [2.45, 2.75) is 38.2 Å². The van der Waals surface area contributed by atoms with Crippen LogP contribution in [0.15, 0.2) is 0 Å². The first-order chi connectivity index (χ1) is 8.25. The lowest BCUT2D eigenvalue weighted by Gasteiger charge is -2.20. The van der Waals surface area contributed by atoms with E-state index in [1.165, 1.54) is 12.8 Å². The van der Waals surface area contributed by atoms with Gasteiger partial charge in [0.25, 0.3) is 0 Å². The van der Waals surface area contributed by atoms with E-state index in [0.29, 0.717) is 32.2 Å². The van der Waals surface area contributed by atoms with Gasteiger partial charge < -0.3 is 15.0 Å². The molecule has 5 nitrogen and oxygen atoms in total. The van der Waals surface area contributed by atoms with E-state index >= 15 is 0 Å². The molecule has 1 aliphatic heterocycles. The molecule has 17 heavy (non-hydrogen) atoms. The highest BCUT2D eigenvalue weighted by Gasteiger charge is 2.20. The fourth-order valence-corrected chi connectivity index (χ4v) is 2.36. The molecule has 0 aromatic rings. The van der Waals surface area contributed by atoms with Crippen LogP contribution in [0.5, 0.6) is 0 Å². The fraction of sp³-hybridized carbons (Fsp3) is 0.833. The van der Waals surface area contributed by atoms with E-state index < -0.39 is 0 Å². The van der Waals surface area contributed by atoms with E-state index in [1.54, 1.807) is 4.90 Å². The zero-order valence-electron chi connectivity index (χ0n) is 10.1. The van der Waals surface area contributed by atoms with Crippen LogP contribution in [0.25, 0.3) is 0 Å². The van der Waals surface area contributed by atoms with Crippen molar-refractivity contribution in [1.29, 1.82) is 0 Å². The molecular formula is C12H20N2O3. The maximum absolute atomic E-state index is 11.6. The van der Waals surface area contributed by atoms with Crippen molar-refractivity contribution in [1.82, 2.24) is 10.2 Å². The molecule has 2 fully saturated rings. The van der Waals surface area contributed by atoms with E-state index in [9.17, 15) is 9.59 Å². The minimum Gasteiger partial charge on any atom is -0.376 e. The summed E-state index contributed by atoms with van der Waals surface area (Å²) >= 11 is 0. The van der Waals surface area contributed by atoms with Gasteiger partial charge in [-0.25, -0.2) is 0 Å². The highest BCUT2D eigenvalue weighted by atomic mass is 16.5. The summed E-state index contributed by atoms with van der Waals surface area (Å²) in [5.41, 5.74) is 0. The third-order valence-corrected chi connectivity index (χ3v) is 3.42. The molecule has 96 valence electrons. The molecule has 2 rings (SSSR count). The van der Waals surface area contributed by atoms with E-state index in [1.807, 2.05) is 0 Å². The number of hydrogen-bond acceptors (Lipinski definition) is 3. The molecule has 1 N–H and O–H groups in total. The summed E-state index contributed by atoms with van der Waals surface area (Å²) in [6.07, 6.45) is 5.59. The van der Waals surface area contributed by atoms with Gasteiger partial charge in [-0.15, -0.1) is 0 Å². The quantitative estimate of drug-likeness (QED) is 0.768. The highest BCUT2D eigenvalue weighted by molar-refractivity contribution is 5.87. The minimum absolute atomic E-state index is 0.00845. The predicted octanol–water partition coefficient (Wildman–Crippen LogP) is 0.294. The van der Waals surface area contributed by atoms with Crippen LogP contribution in [0.4, 0.5) is 0 Å². The Morgan fingerprint density at radius 2 is 2.06 bits per heavy atom. The minimum atomic E-state index is -0.0439. The largest absolute Gasteiger partial charge is 0.376 e. The monoisotopic (exact) mass is 240 g/mol. The maximum Gasteiger partial charge on any atom is 0.242 e. The van der Waals surface area contributed by atoms with Crippen LogP contribution in [0.2, 0.25) is 0 Å². The maximum atomic E-state index is 11.6. The average molecular weight is 240 g/mol. The Balaban J connectivity index is 1.69. The molecule has 0 bridgehead atoms. The fourth-order valence-electron chi connectivity index (χ4n) is 2.36. The van der Waals surface area contributed by atoms with Gasteiger partial charge in [-0.2, -0.15) is 0 Å². The number of ether oxygens (including phenoxy) is 1. The Bertz CT molecular complexity index is 287. The van der Waals surface area contributed by atoms with Gasteiger partial charge in [-0.05, 0) is 12.8 Å². The van der Waals surface area contributed by atoms with Crippen LogP contribution in [-0.4, -0.2) is 49.1 Å². The Morgan fingerprint density at radius 3 is 2.82 bits per heavy atom. The number of nitrogens with one attached hydrogen (secondary N) is 1. The van der Waals surface area contributed by atoms with Gasteiger partial charge in [0.1, 0.15) is 0 Å². The molecule has 1 saturated heterocycles. The summed E-state index contributed by atoms with van der Waals surface area (Å²) in [5.74, 6) is -0.0524. The molecule has 2 aliphatic rings. The Kier molecular flexibility index (Phi) is 4.36. The second-order valence-electron chi connectivity index (χ2n) is 4.68. The van der Waals surface area contributed by atoms with Crippen LogP contribution in [0.3, 0.4) is 0 Å². The lowest BCUT2D eigenvalue weighted by Crippen LogP contribution is -2.37. The van der Waals surface area contributed by atoms with Crippen molar-refractivity contribution < 1.29 is 14.3 Å². The third-order valence-electron chi connectivity index (χ3n) is 3.42. The standard InChI is InChI=1S/C12H20N2O3/c15-11-5-6-14(12(16)9-13-11)7-8-17-10-3-1-2-4-10/h10H,1-9H2,(H,13,15). The first-order valence-corrected chi connectivity index (χ1v) is 6.42. The molecule has 1 heterocycles. The van der Waals surface area contributed by atoms with Crippen LogP contribution in [-0.2, 0) is 14.3 Å². The molecule has 0 atom stereocenters. The van der Waals surface area contributed by atoms with E-state index in [2.05, 4.69) is 5.32 Å². The smallest absolute Gasteiger partial charge is 0.242 e. The zero-order chi connectivity index (χ0) is 12.1. The second-order valence-corrected chi connectivity index (χ2v) is 4.68. The number of rotatable bonds is 4. The van der Waals surface area contributed by atoms with Crippen molar-refractivity contribution in [2.24, 2.45) is 0 Å². The molecule has 1 aliphatic carbocycles. The molecule has 0 aromatic carbocycles. The van der Waals surface area contributed by atoms with Gasteiger partial charge in [0, 0.05) is 19.5 Å². The lowest BCUT2D eigenvalue weighted by molar-refractivity contribution is -0.131. The summed E-state index contributed by atoms with van der Waals surface area (Å²) in [5, 5.41) is 2.58. The lowest BCUT2D eigenvalue weighted by atomic mass is 10.3. The van der Waals surface area contributed by atoms with Gasteiger partial charge in [-0.1, -0.05) is 12.8 Å². The third kappa shape index (κ3) is 3.70. The summed E-state index contributed by atoms with van der Waals surface area (Å²) < 4.78 is 5.72. The van der Waals surface area contributed by atoms with E-state index in [4.69, 9.17) is 4.74 Å². The Hall–Kier alpha value is -1.10. The molecule has 0 aromatic heterocycles. The van der Waals surface area contributed by atoms with Gasteiger partial charge in [0.15, 0.2) is 0 Å². The van der Waals surface area contributed by atoms with Crippen molar-refractivity contribution >= 4 is 11.8 Å². The molecule has 0 spiro atoms. The van der Waals surface area contributed by atoms with Gasteiger partial charge >= 0.3 is 0 Å². The number of carbonyl (C=O) groups excluding carboxylic acids is 2. The summed E-state index contributed by atoms with van der Waals surface area (Å²) in [4.78, 5) is 24.5. The average Bonchev–Trinajstić information content (AvgIpc) is 2.78. The molecule has 1 saturated carbocycles. The van der Waals surface area contributed by atoms with Gasteiger partial charge in [0.2, 0.25) is 11.8 Å². The van der Waals surface area contributed by atoms with Crippen molar-refractivity contribution in [2.75, 3.05) is 26.2 Å². The van der Waals surface area contributed by atoms with E-state index in [-0.39, 0.29) is 18.4 Å². The normalized spacial score (nSPS) is 22.7. The Morgan fingerprint density at radius 1 is 1.29 bits per heavy atom. The van der Waals surface area contributed by atoms with Crippen LogP contribution in [0, 0.1) is 0 Å². The zero-order valence-corrected chi connectivity index (χ0v) is 10.1. The highest BCUT2D eigenvalue weighted by Crippen LogP contribution is 2.20. The molecule has 2 amide bonds. The summed E-state index contributed by atoms with van der Waals surface area (Å²) in [7, 11) is 0. The van der Waals surface area contributed by atoms with Gasteiger partial charge in [-0.3, -0.25) is 9.59 Å². The molecule has 5 heteroatoms. The van der Waals surface area contributed by atoms with Crippen LogP contribution >= 0.6 is 0 Å². The molecular weight excluding hydrogens is 220 g/mol. The number of carbonyl (C=O) groups is 2. The van der Waals surface area contributed by atoms with Crippen LogP contribution < -0.4 is 5.32 Å². The van der Waals surface area contributed by atoms with Crippen molar-refractivity contribution in [3.8, 4) is 0 Å².